The summed E-state index contributed by atoms with van der Waals surface area (Å²) in [4.78, 5) is 8.74. The van der Waals surface area contributed by atoms with Crippen LogP contribution in [0.15, 0.2) is 12.1 Å². The molecule has 1 fully saturated rings. The van der Waals surface area contributed by atoms with E-state index < -0.39 is 0 Å². The Balaban J connectivity index is 2.05. The number of hydrogen-bond donors (Lipinski definition) is 0. The maximum atomic E-state index is 14.5. The van der Waals surface area contributed by atoms with Crippen molar-refractivity contribution in [1.29, 1.82) is 5.26 Å². The van der Waals surface area contributed by atoms with E-state index in [1.165, 1.54) is 6.07 Å². The average molecular weight is 301 g/mol. The third-order valence-corrected chi connectivity index (χ3v) is 4.29. The van der Waals surface area contributed by atoms with Gasteiger partial charge in [0.2, 0.25) is 0 Å². The molecule has 22 heavy (non-hydrogen) atoms. The summed E-state index contributed by atoms with van der Waals surface area (Å²) in [5.41, 5.74) is 2.17. The average Bonchev–Trinajstić information content (AvgIpc) is 2.84. The van der Waals surface area contributed by atoms with Crippen molar-refractivity contribution in [2.45, 2.75) is 19.9 Å². The highest BCUT2D eigenvalue weighted by Crippen LogP contribution is 2.27. The molecule has 1 aromatic heterocycles. The zero-order valence-corrected chi connectivity index (χ0v) is 13.0. The van der Waals surface area contributed by atoms with Gasteiger partial charge in [-0.1, -0.05) is 0 Å². The number of benzene rings is 1. The molecule has 1 saturated heterocycles. The number of fused-ring (bicyclic) bond motifs is 1. The molecule has 1 aliphatic heterocycles. The van der Waals surface area contributed by atoms with Gasteiger partial charge in [0.05, 0.1) is 29.2 Å². The minimum absolute atomic E-state index is 0.235. The molecular formula is C16H20FN5. The molecule has 6 heteroatoms. The van der Waals surface area contributed by atoms with Crippen molar-refractivity contribution >= 4 is 16.7 Å². The summed E-state index contributed by atoms with van der Waals surface area (Å²) in [6, 6.07) is 5.50. The van der Waals surface area contributed by atoms with Crippen molar-refractivity contribution in [3.63, 3.8) is 0 Å². The van der Waals surface area contributed by atoms with Gasteiger partial charge in [-0.15, -0.1) is 0 Å². The monoisotopic (exact) mass is 301 g/mol. The normalized spacial score (nSPS) is 16.2. The number of anilines is 1. The molecule has 0 bridgehead atoms. The molecule has 0 saturated carbocycles. The Labute approximate surface area is 129 Å². The van der Waals surface area contributed by atoms with E-state index in [1.807, 2.05) is 17.6 Å². The maximum absolute atomic E-state index is 14.5. The van der Waals surface area contributed by atoms with Crippen molar-refractivity contribution in [3.05, 3.63) is 23.8 Å². The van der Waals surface area contributed by atoms with E-state index >= 15 is 0 Å². The molecule has 1 aromatic carbocycles. The highest BCUT2D eigenvalue weighted by atomic mass is 19.1. The Morgan fingerprint density at radius 2 is 2.00 bits per heavy atom. The number of aromatic nitrogens is 2. The van der Waals surface area contributed by atoms with Gasteiger partial charge < -0.3 is 14.4 Å². The lowest BCUT2D eigenvalue weighted by Crippen LogP contribution is -2.44. The third kappa shape index (κ3) is 2.53. The molecule has 1 aliphatic rings. The number of nitriles is 1. The summed E-state index contributed by atoms with van der Waals surface area (Å²) in [5, 5.41) is 8.91. The molecule has 0 spiro atoms. The van der Waals surface area contributed by atoms with Crippen molar-refractivity contribution in [1.82, 2.24) is 14.5 Å². The van der Waals surface area contributed by atoms with Crippen LogP contribution in [0, 0.1) is 17.1 Å². The van der Waals surface area contributed by atoms with Gasteiger partial charge in [0, 0.05) is 38.8 Å². The third-order valence-electron chi connectivity index (χ3n) is 4.29. The zero-order valence-electron chi connectivity index (χ0n) is 13.0. The summed E-state index contributed by atoms with van der Waals surface area (Å²) in [5.74, 6) is 0.469. The molecule has 3 rings (SSSR count). The predicted octanol–water partition coefficient (Wildman–Crippen LogP) is 2.01. The van der Waals surface area contributed by atoms with Gasteiger partial charge in [-0.2, -0.15) is 5.26 Å². The Morgan fingerprint density at radius 3 is 2.64 bits per heavy atom. The van der Waals surface area contributed by atoms with Crippen LogP contribution >= 0.6 is 0 Å². The summed E-state index contributed by atoms with van der Waals surface area (Å²) < 4.78 is 16.5. The lowest BCUT2D eigenvalue weighted by molar-refractivity contribution is 0.312. The molecule has 2 aromatic rings. The number of aryl methyl sites for hydroxylation is 1. The van der Waals surface area contributed by atoms with Gasteiger partial charge in [-0.05, 0) is 20.0 Å². The molecule has 5 nitrogen and oxygen atoms in total. The first-order valence-electron chi connectivity index (χ1n) is 7.63. The van der Waals surface area contributed by atoms with Gasteiger partial charge >= 0.3 is 0 Å². The molecule has 0 unspecified atom stereocenters. The fraction of sp³-hybridized carbons (Fsp3) is 0.500. The van der Waals surface area contributed by atoms with E-state index in [4.69, 9.17) is 5.26 Å². The molecule has 0 radical (unpaired) electrons. The minimum atomic E-state index is -0.235. The van der Waals surface area contributed by atoms with Crippen molar-refractivity contribution in [3.8, 4) is 6.07 Å². The van der Waals surface area contributed by atoms with Crippen LogP contribution in [0.2, 0.25) is 0 Å². The zero-order chi connectivity index (χ0) is 15.7. The number of imidazole rings is 1. The topological polar surface area (TPSA) is 48.1 Å². The maximum Gasteiger partial charge on any atom is 0.148 e. The first-order chi connectivity index (χ1) is 10.6. The van der Waals surface area contributed by atoms with Gasteiger partial charge in [-0.25, -0.2) is 9.37 Å². The Hall–Kier alpha value is -2.13. The van der Waals surface area contributed by atoms with E-state index in [0.29, 0.717) is 17.0 Å². The minimum Gasteiger partial charge on any atom is -0.367 e. The quantitative estimate of drug-likeness (QED) is 0.870. The van der Waals surface area contributed by atoms with E-state index in [2.05, 4.69) is 27.9 Å². The second-order valence-electron chi connectivity index (χ2n) is 5.69. The Kier molecular flexibility index (Phi) is 3.99. The van der Waals surface area contributed by atoms with Crippen LogP contribution in [0.25, 0.3) is 11.0 Å². The van der Waals surface area contributed by atoms with Crippen molar-refractivity contribution < 1.29 is 4.39 Å². The molecule has 0 amide bonds. The van der Waals surface area contributed by atoms with Crippen LogP contribution in [0.1, 0.15) is 12.7 Å². The largest absolute Gasteiger partial charge is 0.367 e. The Bertz CT molecular complexity index is 722. The van der Waals surface area contributed by atoms with E-state index in [0.717, 1.165) is 38.2 Å². The van der Waals surface area contributed by atoms with Crippen LogP contribution in [0.3, 0.4) is 0 Å². The van der Waals surface area contributed by atoms with Gasteiger partial charge in [-0.3, -0.25) is 0 Å². The summed E-state index contributed by atoms with van der Waals surface area (Å²) in [6.45, 7) is 6.26. The van der Waals surface area contributed by atoms with Crippen molar-refractivity contribution in [2.24, 2.45) is 0 Å². The lowest BCUT2D eigenvalue weighted by Gasteiger charge is -2.34. The van der Waals surface area contributed by atoms with Crippen LogP contribution < -0.4 is 4.90 Å². The predicted molar refractivity (Wildman–Crippen MR) is 84.4 cm³/mol. The van der Waals surface area contributed by atoms with Crippen LogP contribution in [-0.2, 0) is 13.0 Å². The van der Waals surface area contributed by atoms with Crippen LogP contribution in [-0.4, -0.2) is 47.7 Å². The van der Waals surface area contributed by atoms with Gasteiger partial charge in [0.25, 0.3) is 0 Å². The summed E-state index contributed by atoms with van der Waals surface area (Å²) >= 11 is 0. The number of likely N-dealkylation sites (N-methyl/N-ethyl adjacent to an activating group) is 1. The second-order valence-corrected chi connectivity index (χ2v) is 5.69. The summed E-state index contributed by atoms with van der Waals surface area (Å²) in [6.07, 6.45) is 0.244. The first kappa shape index (κ1) is 14.8. The number of rotatable bonds is 3. The van der Waals surface area contributed by atoms with Crippen molar-refractivity contribution in [2.75, 3.05) is 38.1 Å². The number of piperazine rings is 1. The highest BCUT2D eigenvalue weighted by Gasteiger charge is 2.20. The molecule has 0 N–H and O–H groups in total. The molecule has 0 atom stereocenters. The standard InChI is InChI=1S/C16H20FN5/c1-3-22-15-11-14(21-8-6-20(2)7-9-21)12(17)10-13(15)19-16(22)4-5-18/h10-11H,3-4,6-9H2,1-2H3. The molecule has 116 valence electrons. The first-order valence-corrected chi connectivity index (χ1v) is 7.63. The summed E-state index contributed by atoms with van der Waals surface area (Å²) in [7, 11) is 2.08. The highest BCUT2D eigenvalue weighted by molar-refractivity contribution is 5.81. The van der Waals surface area contributed by atoms with Crippen LogP contribution in [0.4, 0.5) is 10.1 Å². The second kappa shape index (κ2) is 5.93. The fourth-order valence-corrected chi connectivity index (χ4v) is 3.03. The van der Waals surface area contributed by atoms with E-state index in [1.54, 1.807) is 0 Å². The number of nitrogens with zero attached hydrogens (tertiary/aromatic N) is 5. The van der Waals surface area contributed by atoms with Gasteiger partial charge in [0.1, 0.15) is 11.6 Å². The molecule has 2 heterocycles. The molecule has 0 aliphatic carbocycles. The van der Waals surface area contributed by atoms with Crippen LogP contribution in [0.5, 0.6) is 0 Å². The lowest BCUT2D eigenvalue weighted by atomic mass is 10.2. The number of hydrogen-bond acceptors (Lipinski definition) is 4. The van der Waals surface area contributed by atoms with Gasteiger partial charge in [0.15, 0.2) is 0 Å². The van der Waals surface area contributed by atoms with E-state index in [9.17, 15) is 4.39 Å². The number of halogens is 1. The molecular weight excluding hydrogens is 281 g/mol. The fourth-order valence-electron chi connectivity index (χ4n) is 3.03. The smallest absolute Gasteiger partial charge is 0.148 e. The SMILES string of the molecule is CCn1c(CC#N)nc2cc(F)c(N3CCN(C)CC3)cc21. The Morgan fingerprint density at radius 1 is 1.27 bits per heavy atom. The van der Waals surface area contributed by atoms with E-state index in [-0.39, 0.29) is 12.2 Å².